The van der Waals surface area contributed by atoms with Crippen LogP contribution in [0, 0.1) is 5.41 Å². The zero-order valence-electron chi connectivity index (χ0n) is 7.63. The number of aliphatic carboxylic acids is 1. The van der Waals surface area contributed by atoms with Crippen molar-refractivity contribution in [1.29, 1.82) is 5.41 Å². The van der Waals surface area contributed by atoms with Gasteiger partial charge >= 0.3 is 5.97 Å². The highest BCUT2D eigenvalue weighted by Crippen LogP contribution is 1.83. The Morgan fingerprint density at radius 1 is 1.54 bits per heavy atom. The Morgan fingerprint density at radius 3 is 2.46 bits per heavy atom. The van der Waals surface area contributed by atoms with Gasteiger partial charge in [0.05, 0.1) is 0 Å². The molecule has 0 rings (SSSR count). The molecule has 1 amide bonds. The molecule has 0 aromatic rings. The molecule has 0 saturated carbocycles. The van der Waals surface area contributed by atoms with Crippen molar-refractivity contribution in [3.05, 3.63) is 0 Å². The van der Waals surface area contributed by atoms with Crippen LogP contribution < -0.4 is 5.32 Å². The second-order valence-corrected chi connectivity index (χ2v) is 2.50. The highest BCUT2D eigenvalue weighted by Gasteiger charge is 2.09. The highest BCUT2D eigenvalue weighted by molar-refractivity contribution is 5.96. The van der Waals surface area contributed by atoms with Crippen LogP contribution in [-0.4, -0.2) is 41.4 Å². The summed E-state index contributed by atoms with van der Waals surface area (Å²) in [6.45, 7) is 1.35. The lowest BCUT2D eigenvalue weighted by molar-refractivity contribution is -0.137. The zero-order valence-corrected chi connectivity index (χ0v) is 7.63. The number of hydrogen-bond donors (Lipinski definition) is 3. The topological polar surface area (TPSA) is 93.5 Å². The van der Waals surface area contributed by atoms with Crippen molar-refractivity contribution in [2.24, 2.45) is 0 Å². The van der Waals surface area contributed by atoms with Crippen LogP contribution in [0.15, 0.2) is 0 Å². The van der Waals surface area contributed by atoms with E-state index in [0.29, 0.717) is 0 Å². The van der Waals surface area contributed by atoms with Gasteiger partial charge in [-0.05, 0) is 0 Å². The van der Waals surface area contributed by atoms with E-state index in [4.69, 9.17) is 10.5 Å². The Morgan fingerprint density at radius 2 is 2.08 bits per heavy atom. The average Bonchev–Trinajstić information content (AvgIpc) is 2.02. The molecular weight excluding hydrogens is 174 g/mol. The van der Waals surface area contributed by atoms with Crippen LogP contribution in [0.25, 0.3) is 0 Å². The number of carbonyl (C=O) groups excluding carboxylic acids is 1. The molecule has 6 nitrogen and oxygen atoms in total. The quantitative estimate of drug-likeness (QED) is 0.408. The Labute approximate surface area is 76.0 Å². The Balaban J connectivity index is 3.96. The third-order valence-electron chi connectivity index (χ3n) is 1.33. The predicted molar refractivity (Wildman–Crippen MR) is 46.4 cm³/mol. The van der Waals surface area contributed by atoms with E-state index >= 15 is 0 Å². The van der Waals surface area contributed by atoms with Crippen molar-refractivity contribution in [2.45, 2.75) is 13.3 Å². The minimum Gasteiger partial charge on any atom is -0.480 e. The van der Waals surface area contributed by atoms with E-state index in [1.165, 1.54) is 7.05 Å². The maximum Gasteiger partial charge on any atom is 0.323 e. The van der Waals surface area contributed by atoms with Gasteiger partial charge in [-0.15, -0.1) is 0 Å². The SMILES string of the molecule is CCC(=O)NC(=N)N(C)CC(=O)O. The molecule has 0 aliphatic carbocycles. The van der Waals surface area contributed by atoms with E-state index in [9.17, 15) is 9.59 Å². The van der Waals surface area contributed by atoms with Crippen molar-refractivity contribution >= 4 is 17.8 Å². The van der Waals surface area contributed by atoms with Crippen LogP contribution in [0.1, 0.15) is 13.3 Å². The summed E-state index contributed by atoms with van der Waals surface area (Å²) in [4.78, 5) is 22.1. The second kappa shape index (κ2) is 5.13. The van der Waals surface area contributed by atoms with Crippen LogP contribution in [0.2, 0.25) is 0 Å². The van der Waals surface area contributed by atoms with Crippen LogP contribution in [0.3, 0.4) is 0 Å². The largest absolute Gasteiger partial charge is 0.480 e. The summed E-state index contributed by atoms with van der Waals surface area (Å²) >= 11 is 0. The molecule has 0 bridgehead atoms. The first-order valence-electron chi connectivity index (χ1n) is 3.78. The van der Waals surface area contributed by atoms with Crippen LogP contribution in [0.4, 0.5) is 0 Å². The minimum absolute atomic E-state index is 0.200. The van der Waals surface area contributed by atoms with E-state index < -0.39 is 5.97 Å². The Kier molecular flexibility index (Phi) is 4.50. The van der Waals surface area contributed by atoms with E-state index in [2.05, 4.69) is 5.32 Å². The summed E-state index contributed by atoms with van der Waals surface area (Å²) in [5, 5.41) is 17.9. The van der Waals surface area contributed by atoms with Gasteiger partial charge in [0.2, 0.25) is 5.91 Å². The summed E-state index contributed by atoms with van der Waals surface area (Å²) < 4.78 is 0. The molecule has 0 heterocycles. The molecule has 74 valence electrons. The summed E-state index contributed by atoms with van der Waals surface area (Å²) in [6, 6.07) is 0. The number of likely N-dealkylation sites (N-methyl/N-ethyl adjacent to an activating group) is 1. The van der Waals surface area contributed by atoms with Gasteiger partial charge < -0.3 is 10.0 Å². The first-order chi connectivity index (χ1) is 5.97. The van der Waals surface area contributed by atoms with Gasteiger partial charge in [0.1, 0.15) is 6.54 Å². The molecule has 0 radical (unpaired) electrons. The normalized spacial score (nSPS) is 9.08. The lowest BCUT2D eigenvalue weighted by Gasteiger charge is -2.17. The third-order valence-corrected chi connectivity index (χ3v) is 1.33. The maximum absolute atomic E-state index is 10.8. The molecule has 0 saturated heterocycles. The molecule has 0 aliphatic heterocycles. The molecule has 0 unspecified atom stereocenters. The average molecular weight is 187 g/mol. The highest BCUT2D eigenvalue weighted by atomic mass is 16.4. The van der Waals surface area contributed by atoms with Gasteiger partial charge in [-0.25, -0.2) is 0 Å². The fourth-order valence-corrected chi connectivity index (χ4v) is 0.598. The Hall–Kier alpha value is -1.59. The number of carboxylic acid groups (broad SMARTS) is 1. The van der Waals surface area contributed by atoms with E-state index in [0.717, 1.165) is 4.90 Å². The summed E-state index contributed by atoms with van der Waals surface area (Å²) in [5.41, 5.74) is 0. The molecular formula is C7H13N3O3. The van der Waals surface area contributed by atoms with Crippen LogP contribution in [0.5, 0.6) is 0 Å². The van der Waals surface area contributed by atoms with Crippen LogP contribution in [-0.2, 0) is 9.59 Å². The molecule has 0 atom stereocenters. The van der Waals surface area contributed by atoms with Gasteiger partial charge in [0.25, 0.3) is 0 Å². The fraction of sp³-hybridized carbons (Fsp3) is 0.571. The minimum atomic E-state index is -1.04. The summed E-state index contributed by atoms with van der Waals surface area (Å²) in [5.74, 6) is -1.55. The van der Waals surface area contributed by atoms with Gasteiger partial charge in [0.15, 0.2) is 5.96 Å². The molecule has 3 N–H and O–H groups in total. The predicted octanol–water partition coefficient (Wildman–Crippen LogP) is -0.536. The number of rotatable bonds is 3. The van der Waals surface area contributed by atoms with Gasteiger partial charge in [-0.2, -0.15) is 0 Å². The zero-order chi connectivity index (χ0) is 10.4. The number of carboxylic acids is 1. The van der Waals surface area contributed by atoms with Gasteiger partial charge in [0, 0.05) is 13.5 Å². The van der Waals surface area contributed by atoms with Crippen molar-refractivity contribution in [1.82, 2.24) is 10.2 Å². The number of guanidine groups is 1. The van der Waals surface area contributed by atoms with Crippen molar-refractivity contribution in [3.8, 4) is 0 Å². The molecule has 13 heavy (non-hydrogen) atoms. The molecule has 0 spiro atoms. The van der Waals surface area contributed by atoms with E-state index in [1.807, 2.05) is 0 Å². The standard InChI is InChI=1S/C7H13N3O3/c1-3-5(11)9-7(8)10(2)4-6(12)13/h3-4H2,1-2H3,(H,12,13)(H2,8,9,11). The van der Waals surface area contributed by atoms with Gasteiger partial charge in [-0.3, -0.25) is 20.3 Å². The second-order valence-electron chi connectivity index (χ2n) is 2.50. The monoisotopic (exact) mass is 187 g/mol. The van der Waals surface area contributed by atoms with Crippen molar-refractivity contribution in [2.75, 3.05) is 13.6 Å². The molecule has 0 aliphatic rings. The first kappa shape index (κ1) is 11.4. The number of hydrogen-bond acceptors (Lipinski definition) is 3. The first-order valence-corrected chi connectivity index (χ1v) is 3.78. The molecule has 0 fully saturated rings. The molecule has 0 aromatic carbocycles. The number of nitrogens with zero attached hydrogens (tertiary/aromatic N) is 1. The molecule has 0 aromatic heterocycles. The van der Waals surface area contributed by atoms with E-state index in [-0.39, 0.29) is 24.8 Å². The van der Waals surface area contributed by atoms with Crippen molar-refractivity contribution < 1.29 is 14.7 Å². The Bertz CT molecular complexity index is 227. The van der Waals surface area contributed by atoms with Gasteiger partial charge in [-0.1, -0.05) is 6.92 Å². The number of carbonyl (C=O) groups is 2. The number of amides is 1. The lowest BCUT2D eigenvalue weighted by atomic mass is 10.4. The fourth-order valence-electron chi connectivity index (χ4n) is 0.598. The maximum atomic E-state index is 10.8. The summed E-state index contributed by atoms with van der Waals surface area (Å²) in [7, 11) is 1.42. The van der Waals surface area contributed by atoms with Crippen molar-refractivity contribution in [3.63, 3.8) is 0 Å². The third kappa shape index (κ3) is 4.78. The molecule has 6 heteroatoms. The lowest BCUT2D eigenvalue weighted by Crippen LogP contribution is -2.43. The number of nitrogens with one attached hydrogen (secondary N) is 2. The van der Waals surface area contributed by atoms with Crippen LogP contribution >= 0.6 is 0 Å². The summed E-state index contributed by atoms with van der Waals surface area (Å²) in [6.07, 6.45) is 0.267. The smallest absolute Gasteiger partial charge is 0.323 e. The van der Waals surface area contributed by atoms with E-state index in [1.54, 1.807) is 6.92 Å².